The molecule has 3 N–H and O–H groups in total. The molecular weight excluding hydrogens is 796 g/mol. The summed E-state index contributed by atoms with van der Waals surface area (Å²) in [6.45, 7) is 0.737. The van der Waals surface area contributed by atoms with Crippen LogP contribution in [0.5, 0.6) is 5.75 Å². The number of hydrogen-bond donors (Lipinski definition) is 3. The van der Waals surface area contributed by atoms with Gasteiger partial charge in [0.05, 0.1) is 30.1 Å². The first kappa shape index (κ1) is 41.8. The molecule has 1 saturated heterocycles. The lowest BCUT2D eigenvalue weighted by Gasteiger charge is -2.31. The number of ketones is 2. The van der Waals surface area contributed by atoms with Crippen LogP contribution in [0.3, 0.4) is 0 Å². The molecule has 0 atom stereocenters. The second-order valence-corrected chi connectivity index (χ2v) is 14.9. The zero-order chi connectivity index (χ0) is 40.8. The Bertz CT molecular complexity index is 2180. The molecule has 6 bridgehead atoms. The molecule has 2 aromatic carbocycles. The number of amides is 1. The van der Waals surface area contributed by atoms with Gasteiger partial charge in [0, 0.05) is 37.1 Å². The molecule has 2 aromatic heterocycles. The highest BCUT2D eigenvalue weighted by molar-refractivity contribution is 7.89. The lowest BCUT2D eigenvalue weighted by atomic mass is 9.94. The fraction of sp³-hybridized carbons (Fsp3) is 0.314. The summed E-state index contributed by atoms with van der Waals surface area (Å²) in [7, 11) is -2.06. The van der Waals surface area contributed by atoms with Gasteiger partial charge in [-0.25, -0.2) is 13.4 Å². The molecule has 56 heavy (non-hydrogen) atoms. The number of pyridine rings is 1. The largest absolute Gasteiger partial charge is 0.497 e. The van der Waals surface area contributed by atoms with Gasteiger partial charge in [0.2, 0.25) is 21.9 Å². The Morgan fingerprint density at radius 2 is 1.55 bits per heavy atom. The van der Waals surface area contributed by atoms with Crippen molar-refractivity contribution in [3.63, 3.8) is 0 Å². The van der Waals surface area contributed by atoms with Gasteiger partial charge in [0.1, 0.15) is 10.8 Å². The van der Waals surface area contributed by atoms with Crippen molar-refractivity contribution in [3.8, 4) is 5.75 Å². The second-order valence-electron chi connectivity index (χ2n) is 12.5. The first-order valence-electron chi connectivity index (χ1n) is 16.6. The molecule has 1 fully saturated rings. The van der Waals surface area contributed by atoms with E-state index in [4.69, 9.17) is 16.3 Å². The summed E-state index contributed by atoms with van der Waals surface area (Å²) in [6.07, 6.45) is -3.59. The quantitative estimate of drug-likeness (QED) is 0.132. The number of ether oxygens (including phenoxy) is 1. The normalized spacial score (nSPS) is 14.9. The van der Waals surface area contributed by atoms with E-state index in [0.717, 1.165) is 28.2 Å². The summed E-state index contributed by atoms with van der Waals surface area (Å²) >= 11 is 6.38. The van der Waals surface area contributed by atoms with Crippen LogP contribution in [-0.4, -0.2) is 77.7 Å². The number of fused-ring (bicyclic) bond motifs is 6. The average Bonchev–Trinajstić information content (AvgIpc) is 3.15. The number of anilines is 5. The molecule has 4 aromatic rings. The third kappa shape index (κ3) is 10.7. The molecule has 0 radical (unpaired) electrons. The summed E-state index contributed by atoms with van der Waals surface area (Å²) in [4.78, 5) is 45.8. The predicted octanol–water partition coefficient (Wildman–Crippen LogP) is 6.80. The molecule has 2 aliphatic heterocycles. The van der Waals surface area contributed by atoms with Crippen LogP contribution in [0.2, 0.25) is 5.02 Å². The highest BCUT2D eigenvalue weighted by atomic mass is 35.5. The van der Waals surface area contributed by atoms with Crippen LogP contribution in [0.4, 0.5) is 55.2 Å². The van der Waals surface area contributed by atoms with Gasteiger partial charge in [0.15, 0.2) is 5.82 Å². The molecule has 0 saturated carbocycles. The zero-order valence-corrected chi connectivity index (χ0v) is 30.7. The van der Waals surface area contributed by atoms with E-state index in [0.29, 0.717) is 67.7 Å². The molecule has 13 nitrogen and oxygen atoms in total. The minimum absolute atomic E-state index is 0.0822. The van der Waals surface area contributed by atoms with Crippen molar-refractivity contribution in [2.45, 2.75) is 49.4 Å². The summed E-state index contributed by atoms with van der Waals surface area (Å²) < 4.78 is 99.8. The van der Waals surface area contributed by atoms with E-state index >= 15 is 0 Å². The number of methoxy groups -OCH3 is 1. The Hall–Kier alpha value is -5.34. The van der Waals surface area contributed by atoms with Gasteiger partial charge in [-0.3, -0.25) is 19.4 Å². The number of aromatic nitrogens is 3. The number of benzene rings is 2. The maximum atomic E-state index is 13.2. The van der Waals surface area contributed by atoms with Crippen LogP contribution >= 0.6 is 11.6 Å². The van der Waals surface area contributed by atoms with Crippen molar-refractivity contribution < 1.29 is 53.9 Å². The maximum absolute atomic E-state index is 13.2. The number of nitrogens with zero attached hydrogens (tertiary/aromatic N) is 4. The van der Waals surface area contributed by atoms with Gasteiger partial charge in [-0.1, -0.05) is 11.6 Å². The van der Waals surface area contributed by atoms with Crippen LogP contribution in [0.1, 0.15) is 30.4 Å². The molecule has 2 aliphatic rings. The smallest absolute Gasteiger partial charge is 0.458 e. The second kappa shape index (κ2) is 17.2. The highest BCUT2D eigenvalue weighted by Crippen LogP contribution is 2.31. The molecular formula is C35H32ClF6N7O6S. The fourth-order valence-electron chi connectivity index (χ4n) is 5.72. The van der Waals surface area contributed by atoms with E-state index in [1.807, 2.05) is 30.5 Å². The molecule has 0 unspecified atom stereocenters. The Morgan fingerprint density at radius 3 is 2.18 bits per heavy atom. The molecule has 0 aliphatic carbocycles. The van der Waals surface area contributed by atoms with E-state index in [2.05, 4.69) is 30.9 Å². The van der Waals surface area contributed by atoms with Gasteiger partial charge in [-0.2, -0.15) is 35.6 Å². The minimum atomic E-state index is -5.77. The zero-order valence-electron chi connectivity index (χ0n) is 29.2. The summed E-state index contributed by atoms with van der Waals surface area (Å²) in [5, 5.41) is 9.92. The van der Waals surface area contributed by atoms with E-state index < -0.39 is 33.9 Å². The number of carbonyl (C=O) groups excluding carboxylic acids is 3. The van der Waals surface area contributed by atoms with Crippen molar-refractivity contribution in [1.29, 1.82) is 0 Å². The van der Waals surface area contributed by atoms with Gasteiger partial charge < -0.3 is 20.7 Å². The number of alkyl halides is 6. The third-order valence-electron chi connectivity index (χ3n) is 8.59. The van der Waals surface area contributed by atoms with Crippen LogP contribution in [0.25, 0.3) is 0 Å². The van der Waals surface area contributed by atoms with Gasteiger partial charge in [0.25, 0.3) is 0 Å². The lowest BCUT2D eigenvalue weighted by molar-refractivity contribution is -0.193. The first-order chi connectivity index (χ1) is 26.3. The van der Waals surface area contributed by atoms with Gasteiger partial charge >= 0.3 is 23.9 Å². The van der Waals surface area contributed by atoms with Crippen LogP contribution in [-0.2, 0) is 37.2 Å². The van der Waals surface area contributed by atoms with Gasteiger partial charge in [-0.15, -0.1) is 0 Å². The first-order valence-corrected chi connectivity index (χ1v) is 18.5. The van der Waals surface area contributed by atoms with Crippen molar-refractivity contribution in [1.82, 2.24) is 19.3 Å². The van der Waals surface area contributed by atoms with Crippen LogP contribution in [0, 0.1) is 5.92 Å². The van der Waals surface area contributed by atoms with Crippen molar-refractivity contribution >= 4 is 67.9 Å². The Balaban J connectivity index is 0.000000433. The van der Waals surface area contributed by atoms with Crippen molar-refractivity contribution in [2.75, 3.05) is 36.1 Å². The maximum Gasteiger partial charge on any atom is 0.458 e. The molecule has 6 rings (SSSR count). The molecule has 4 heterocycles. The Labute approximate surface area is 320 Å². The SMILES string of the molecule is COc1ccc(S(=O)(=O)N2CCC(CC(=O)Nc3ccc4cc3CCc3cncc(c3)Nc3ncc(Cl)c(n3)N4)CC2)cc1.O=C(C(=O)C(F)(F)F)C(F)(F)F. The van der Waals surface area contributed by atoms with Crippen LogP contribution in [0.15, 0.2) is 72.0 Å². The molecule has 0 spiro atoms. The van der Waals surface area contributed by atoms with Crippen LogP contribution < -0.4 is 20.7 Å². The van der Waals surface area contributed by atoms with E-state index in [1.54, 1.807) is 37.6 Å². The highest BCUT2D eigenvalue weighted by Gasteiger charge is 2.54. The summed E-state index contributed by atoms with van der Waals surface area (Å²) in [5.41, 5.74) is 4.24. The lowest BCUT2D eigenvalue weighted by Crippen LogP contribution is -2.39. The minimum Gasteiger partial charge on any atom is -0.497 e. The molecule has 298 valence electrons. The summed E-state index contributed by atoms with van der Waals surface area (Å²) in [5.74, 6) is -5.38. The van der Waals surface area contributed by atoms with E-state index in [9.17, 15) is 49.1 Å². The average molecular weight is 828 g/mol. The van der Waals surface area contributed by atoms with Gasteiger partial charge in [-0.05, 0) is 91.3 Å². The molecule has 21 heteroatoms. The number of hydrogen-bond acceptors (Lipinski definition) is 11. The number of aryl methyl sites for hydroxylation is 2. The number of rotatable bonds is 7. The Kier molecular flexibility index (Phi) is 12.9. The standard InChI is InChI=1S/C31H32ClN7O4S.C4F6O2/c1-43-25-5-7-26(8-6-25)44(41,42)39-12-10-20(11-13-39)15-29(40)37-28-9-4-23-16-22(28)3-2-21-14-24(18-33-17-21)36-31-34-19-27(32)30(35-23)38-31;5-3(6,7)1(11)2(12)4(8,9)10/h4-9,14,16-20H,2-3,10-13,15H2,1H3,(H,37,40)(H2,34,35,36,38);. The third-order valence-corrected chi connectivity index (χ3v) is 10.8. The van der Waals surface area contributed by atoms with E-state index in [-0.39, 0.29) is 16.7 Å². The number of nitrogens with one attached hydrogen (secondary N) is 3. The number of Topliss-reactive ketones (excluding diaryl/α,β-unsaturated/α-hetero) is 2. The number of carbonyl (C=O) groups is 3. The number of halogens is 7. The topological polar surface area (TPSA) is 173 Å². The van der Waals surface area contributed by atoms with Crippen molar-refractivity contribution in [3.05, 3.63) is 83.3 Å². The number of sulfonamides is 1. The number of piperidine rings is 1. The predicted molar refractivity (Wildman–Crippen MR) is 192 cm³/mol. The van der Waals surface area contributed by atoms with Crippen molar-refractivity contribution in [2.24, 2.45) is 5.92 Å². The molecule has 1 amide bonds. The van der Waals surface area contributed by atoms with E-state index in [1.165, 1.54) is 10.5 Å². The monoisotopic (exact) mass is 827 g/mol. The fourth-order valence-corrected chi connectivity index (χ4v) is 7.33. The summed E-state index contributed by atoms with van der Waals surface area (Å²) in [6, 6.07) is 14.1. The Morgan fingerprint density at radius 1 is 0.893 bits per heavy atom.